The Bertz CT molecular complexity index is 570. The molecule has 1 aromatic heterocycles. The summed E-state index contributed by atoms with van der Waals surface area (Å²) in [7, 11) is 1.92. The fourth-order valence-corrected chi connectivity index (χ4v) is 2.29. The predicted molar refractivity (Wildman–Crippen MR) is 90.2 cm³/mol. The van der Waals surface area contributed by atoms with Crippen LogP contribution in [0.15, 0.2) is 18.3 Å². The first-order valence-corrected chi connectivity index (χ1v) is 8.10. The summed E-state index contributed by atoms with van der Waals surface area (Å²) in [5.74, 6) is -1.07. The first-order valence-electron chi connectivity index (χ1n) is 8.10. The van der Waals surface area contributed by atoms with Crippen molar-refractivity contribution in [2.75, 3.05) is 26.7 Å². The van der Waals surface area contributed by atoms with Gasteiger partial charge in [0, 0.05) is 19.3 Å². The van der Waals surface area contributed by atoms with Crippen molar-refractivity contribution in [3.05, 3.63) is 24.0 Å². The third-order valence-electron chi connectivity index (χ3n) is 3.29. The Balaban J connectivity index is 0.00000139. The van der Waals surface area contributed by atoms with Crippen LogP contribution in [0, 0.1) is 0 Å². The number of amides is 1. The van der Waals surface area contributed by atoms with E-state index in [1.54, 1.807) is 6.20 Å². The molecule has 1 unspecified atom stereocenters. The van der Waals surface area contributed by atoms with Crippen molar-refractivity contribution in [1.29, 1.82) is 0 Å². The average Bonchev–Trinajstić information content (AvgIpc) is 3.07. The summed E-state index contributed by atoms with van der Waals surface area (Å²) in [5.41, 5.74) is 0.790. The van der Waals surface area contributed by atoms with E-state index in [0.717, 1.165) is 12.1 Å². The molecule has 8 nitrogen and oxygen atoms in total. The number of aromatic carboxylic acids is 1. The molecule has 8 heteroatoms. The summed E-state index contributed by atoms with van der Waals surface area (Å²) in [6, 6.07) is 1.20. The molecule has 1 aromatic rings. The number of nitrogens with zero attached hydrogens (tertiary/aromatic N) is 4. The van der Waals surface area contributed by atoms with E-state index in [0.29, 0.717) is 26.1 Å². The van der Waals surface area contributed by atoms with E-state index in [1.165, 1.54) is 15.8 Å². The number of hydrogen-bond acceptors (Lipinski definition) is 5. The molecular weight excluding hydrogens is 312 g/mol. The van der Waals surface area contributed by atoms with Crippen molar-refractivity contribution in [3.63, 3.8) is 0 Å². The molecule has 1 aliphatic heterocycles. The Morgan fingerprint density at radius 1 is 1.54 bits per heavy atom. The lowest BCUT2D eigenvalue weighted by Crippen LogP contribution is -2.45. The molecule has 0 spiro atoms. The monoisotopic (exact) mass is 338 g/mol. The van der Waals surface area contributed by atoms with Gasteiger partial charge in [0.05, 0.1) is 18.3 Å². The first-order chi connectivity index (χ1) is 11.5. The molecule has 1 amide bonds. The maximum absolute atomic E-state index is 11.2. The summed E-state index contributed by atoms with van der Waals surface area (Å²) < 4.78 is 1.52. The second-order valence-electron chi connectivity index (χ2n) is 5.17. The molecule has 1 N–H and O–H groups in total. The SMILES string of the molecule is CC.CCCON(C=O)C1C=C(n2ccc(C(=O)O)n2)CN(C)C1. The van der Waals surface area contributed by atoms with Crippen LogP contribution in [0.1, 0.15) is 37.7 Å². The number of hydrogen-bond donors (Lipinski definition) is 1. The minimum atomic E-state index is -1.07. The molecule has 134 valence electrons. The minimum Gasteiger partial charge on any atom is -0.476 e. The van der Waals surface area contributed by atoms with Crippen molar-refractivity contribution >= 4 is 18.1 Å². The standard InChI is InChI=1S/C14H20N4O4.C2H6/c1-3-6-22-18(10-19)12-7-11(8-16(2)9-12)17-5-4-13(15-17)14(20)21;1-2/h4-5,7,10,12H,3,6,8-9H2,1-2H3,(H,20,21);1-2H3. The molecule has 0 saturated heterocycles. The fraction of sp³-hybridized carbons (Fsp3) is 0.562. The summed E-state index contributed by atoms with van der Waals surface area (Å²) in [6.45, 7) is 7.68. The van der Waals surface area contributed by atoms with Gasteiger partial charge >= 0.3 is 5.97 Å². The minimum absolute atomic E-state index is 0.0137. The van der Waals surface area contributed by atoms with Gasteiger partial charge in [-0.3, -0.25) is 14.5 Å². The summed E-state index contributed by atoms with van der Waals surface area (Å²) >= 11 is 0. The third kappa shape index (κ3) is 5.17. The van der Waals surface area contributed by atoms with E-state index in [2.05, 4.69) is 5.10 Å². The fourth-order valence-electron chi connectivity index (χ4n) is 2.29. The van der Waals surface area contributed by atoms with Crippen molar-refractivity contribution in [1.82, 2.24) is 19.7 Å². The molecule has 2 rings (SSSR count). The smallest absolute Gasteiger partial charge is 0.356 e. The molecular formula is C16H26N4O4. The second kappa shape index (κ2) is 9.84. The van der Waals surface area contributed by atoms with Gasteiger partial charge in [0.1, 0.15) is 0 Å². The van der Waals surface area contributed by atoms with Crippen LogP contribution in [-0.2, 0) is 9.63 Å². The number of hydroxylamine groups is 2. The summed E-state index contributed by atoms with van der Waals surface area (Å²) in [5, 5.41) is 14.3. The third-order valence-corrected chi connectivity index (χ3v) is 3.29. The van der Waals surface area contributed by atoms with E-state index in [4.69, 9.17) is 9.94 Å². The Kier molecular flexibility index (Phi) is 8.14. The van der Waals surface area contributed by atoms with Gasteiger partial charge < -0.3 is 5.11 Å². The number of carboxylic acids is 1. The molecule has 1 aliphatic rings. The first kappa shape index (κ1) is 19.9. The lowest BCUT2D eigenvalue weighted by atomic mass is 10.1. The number of likely N-dealkylation sites (N-methyl/N-ethyl adjacent to an activating group) is 1. The van der Waals surface area contributed by atoms with Crippen LogP contribution in [0.4, 0.5) is 0 Å². The molecule has 0 bridgehead atoms. The quantitative estimate of drug-likeness (QED) is 0.600. The highest BCUT2D eigenvalue weighted by molar-refractivity contribution is 5.85. The molecule has 0 aliphatic carbocycles. The Labute approximate surface area is 142 Å². The number of carbonyl (C=O) groups is 2. The molecule has 0 fully saturated rings. The Morgan fingerprint density at radius 2 is 2.25 bits per heavy atom. The Morgan fingerprint density at radius 3 is 2.79 bits per heavy atom. The highest BCUT2D eigenvalue weighted by atomic mass is 16.7. The van der Waals surface area contributed by atoms with Crippen LogP contribution in [-0.4, -0.2) is 70.0 Å². The zero-order valence-electron chi connectivity index (χ0n) is 14.7. The van der Waals surface area contributed by atoms with E-state index >= 15 is 0 Å². The summed E-state index contributed by atoms with van der Waals surface area (Å²) in [4.78, 5) is 29.6. The van der Waals surface area contributed by atoms with Crippen LogP contribution >= 0.6 is 0 Å². The molecule has 0 aromatic carbocycles. The van der Waals surface area contributed by atoms with Crippen molar-refractivity contribution in [2.24, 2.45) is 0 Å². The zero-order valence-corrected chi connectivity index (χ0v) is 14.7. The molecule has 2 heterocycles. The average molecular weight is 338 g/mol. The largest absolute Gasteiger partial charge is 0.476 e. The number of aromatic nitrogens is 2. The Hall–Kier alpha value is -2.19. The predicted octanol–water partition coefficient (Wildman–Crippen LogP) is 1.56. The highest BCUT2D eigenvalue weighted by Crippen LogP contribution is 2.17. The molecule has 1 atom stereocenters. The zero-order chi connectivity index (χ0) is 18.1. The van der Waals surface area contributed by atoms with E-state index in [1.807, 2.05) is 38.8 Å². The van der Waals surface area contributed by atoms with Gasteiger partial charge in [-0.15, -0.1) is 0 Å². The number of carboxylic acid groups (broad SMARTS) is 1. The number of rotatable bonds is 7. The van der Waals surface area contributed by atoms with Gasteiger partial charge in [-0.2, -0.15) is 5.10 Å². The van der Waals surface area contributed by atoms with Gasteiger partial charge in [-0.05, 0) is 25.6 Å². The summed E-state index contributed by atoms with van der Waals surface area (Å²) in [6.07, 6.45) is 4.95. The van der Waals surface area contributed by atoms with Crippen LogP contribution in [0.5, 0.6) is 0 Å². The van der Waals surface area contributed by atoms with Gasteiger partial charge in [0.2, 0.25) is 6.41 Å². The second-order valence-corrected chi connectivity index (χ2v) is 5.17. The van der Waals surface area contributed by atoms with Gasteiger partial charge in [-0.25, -0.2) is 14.5 Å². The van der Waals surface area contributed by atoms with E-state index in [-0.39, 0.29) is 11.7 Å². The van der Waals surface area contributed by atoms with Crippen LogP contribution < -0.4 is 0 Å². The molecule has 24 heavy (non-hydrogen) atoms. The molecule has 0 radical (unpaired) electrons. The van der Waals surface area contributed by atoms with Gasteiger partial charge in [0.25, 0.3) is 0 Å². The normalized spacial score (nSPS) is 17.5. The maximum Gasteiger partial charge on any atom is 0.356 e. The lowest BCUT2D eigenvalue weighted by molar-refractivity contribution is -0.182. The lowest BCUT2D eigenvalue weighted by Gasteiger charge is -2.33. The maximum atomic E-state index is 11.2. The van der Waals surface area contributed by atoms with Crippen molar-refractivity contribution in [3.8, 4) is 0 Å². The van der Waals surface area contributed by atoms with Crippen LogP contribution in [0.3, 0.4) is 0 Å². The topological polar surface area (TPSA) is 87.9 Å². The van der Waals surface area contributed by atoms with Crippen molar-refractivity contribution in [2.45, 2.75) is 33.2 Å². The van der Waals surface area contributed by atoms with Crippen molar-refractivity contribution < 1.29 is 19.5 Å². The van der Waals surface area contributed by atoms with E-state index in [9.17, 15) is 9.59 Å². The van der Waals surface area contributed by atoms with Crippen LogP contribution in [0.2, 0.25) is 0 Å². The number of carbonyl (C=O) groups excluding carboxylic acids is 1. The van der Waals surface area contributed by atoms with Gasteiger partial charge in [0.15, 0.2) is 5.69 Å². The van der Waals surface area contributed by atoms with Crippen LogP contribution in [0.25, 0.3) is 5.70 Å². The van der Waals surface area contributed by atoms with E-state index < -0.39 is 5.97 Å². The highest BCUT2D eigenvalue weighted by Gasteiger charge is 2.24. The van der Waals surface area contributed by atoms with Gasteiger partial charge in [-0.1, -0.05) is 20.8 Å². The molecule has 0 saturated carbocycles.